The Morgan fingerprint density at radius 3 is 2.67 bits per heavy atom. The van der Waals surface area contributed by atoms with Gasteiger partial charge in [0.05, 0.1) is 0 Å². The molecule has 0 spiro atoms. The van der Waals surface area contributed by atoms with Crippen molar-refractivity contribution in [2.45, 2.75) is 51.5 Å². The molecule has 2 atom stereocenters. The molecule has 0 N–H and O–H groups in total. The molecule has 1 aliphatic carbocycles. The maximum atomic E-state index is 13.2. The summed E-state index contributed by atoms with van der Waals surface area (Å²) < 4.78 is 0. The number of benzene rings is 1. The average Bonchev–Trinajstić information content (AvgIpc) is 2.89. The van der Waals surface area contributed by atoms with E-state index in [4.69, 9.17) is 0 Å². The molecule has 130 valence electrons. The quantitative estimate of drug-likeness (QED) is 0.844. The Labute approximate surface area is 146 Å². The van der Waals surface area contributed by atoms with Crippen LogP contribution in [0.3, 0.4) is 0 Å². The topological polar surface area (TPSA) is 23.6 Å². The van der Waals surface area contributed by atoms with Crippen LogP contribution in [-0.4, -0.2) is 47.9 Å². The summed E-state index contributed by atoms with van der Waals surface area (Å²) in [5, 5.41) is 0. The molecule has 3 heteroatoms. The largest absolute Gasteiger partial charge is 0.337 e. The van der Waals surface area contributed by atoms with E-state index in [1.165, 1.54) is 50.8 Å². The van der Waals surface area contributed by atoms with Gasteiger partial charge in [-0.2, -0.15) is 0 Å². The lowest BCUT2D eigenvalue weighted by Gasteiger charge is -2.40. The Balaban J connectivity index is 1.49. The Hall–Kier alpha value is -1.35. The average molecular weight is 326 g/mol. The highest BCUT2D eigenvalue weighted by molar-refractivity contribution is 5.95. The van der Waals surface area contributed by atoms with Gasteiger partial charge in [0.1, 0.15) is 0 Å². The lowest BCUT2D eigenvalue weighted by atomic mass is 9.83. The lowest BCUT2D eigenvalue weighted by molar-refractivity contribution is 0.0716. The highest BCUT2D eigenvalue weighted by Crippen LogP contribution is 2.33. The van der Waals surface area contributed by atoms with Gasteiger partial charge in [0.25, 0.3) is 5.91 Å². The van der Waals surface area contributed by atoms with Crippen molar-refractivity contribution >= 4 is 5.91 Å². The molecule has 1 aromatic rings. The summed E-state index contributed by atoms with van der Waals surface area (Å²) in [6.45, 7) is 6.50. The maximum absolute atomic E-state index is 13.2. The van der Waals surface area contributed by atoms with Gasteiger partial charge in [0, 0.05) is 37.8 Å². The number of hydrogen-bond donors (Lipinski definition) is 0. The Morgan fingerprint density at radius 2 is 1.92 bits per heavy atom. The maximum Gasteiger partial charge on any atom is 0.254 e. The van der Waals surface area contributed by atoms with Crippen molar-refractivity contribution in [3.05, 3.63) is 35.4 Å². The molecule has 1 aromatic carbocycles. The number of fused-ring (bicyclic) bond motifs is 4. The van der Waals surface area contributed by atoms with Gasteiger partial charge in [0.15, 0.2) is 0 Å². The minimum absolute atomic E-state index is 0.259. The Bertz CT molecular complexity index is 595. The van der Waals surface area contributed by atoms with Crippen LogP contribution in [0.25, 0.3) is 0 Å². The predicted octanol–water partition coefficient (Wildman–Crippen LogP) is 3.59. The number of hydrogen-bond acceptors (Lipinski definition) is 2. The molecule has 24 heavy (non-hydrogen) atoms. The first-order valence-electron chi connectivity index (χ1n) is 9.85. The molecule has 4 aliphatic rings. The zero-order valence-corrected chi connectivity index (χ0v) is 14.9. The van der Waals surface area contributed by atoms with Crippen molar-refractivity contribution < 1.29 is 4.79 Å². The summed E-state index contributed by atoms with van der Waals surface area (Å²) in [5.41, 5.74) is 2.11. The van der Waals surface area contributed by atoms with E-state index in [0.29, 0.717) is 12.0 Å². The van der Waals surface area contributed by atoms with E-state index in [1.54, 1.807) is 0 Å². The molecule has 1 saturated carbocycles. The molecule has 3 nitrogen and oxygen atoms in total. The molecule has 0 radical (unpaired) electrons. The van der Waals surface area contributed by atoms with Gasteiger partial charge in [-0.15, -0.1) is 0 Å². The molecule has 3 aliphatic heterocycles. The second-order valence-electron chi connectivity index (χ2n) is 8.07. The van der Waals surface area contributed by atoms with E-state index in [0.717, 1.165) is 31.0 Å². The Morgan fingerprint density at radius 1 is 1.08 bits per heavy atom. The predicted molar refractivity (Wildman–Crippen MR) is 97.1 cm³/mol. The molecular weight excluding hydrogens is 296 g/mol. The fourth-order valence-corrected chi connectivity index (χ4v) is 4.78. The van der Waals surface area contributed by atoms with E-state index < -0.39 is 0 Å². The van der Waals surface area contributed by atoms with Crippen LogP contribution in [0.1, 0.15) is 54.9 Å². The van der Waals surface area contributed by atoms with E-state index in [2.05, 4.69) is 22.8 Å². The number of amides is 1. The standard InChI is InChI=1S/C21H30N2O/c1-2-18-8-3-4-9-20(18)21(24)23-14-17-10-11-19(15-23)22(13-17)12-16-6-5-7-16/h3-4,8-9,16-17,19H,2,5-7,10-15H2,1H3/t17-,19-/m0/s1. The summed E-state index contributed by atoms with van der Waals surface area (Å²) in [6, 6.07) is 8.74. The smallest absolute Gasteiger partial charge is 0.254 e. The van der Waals surface area contributed by atoms with Gasteiger partial charge in [-0.05, 0) is 55.6 Å². The zero-order chi connectivity index (χ0) is 16.5. The number of piperidine rings is 1. The molecule has 3 heterocycles. The highest BCUT2D eigenvalue weighted by atomic mass is 16.2. The van der Waals surface area contributed by atoms with E-state index in [-0.39, 0.29) is 5.91 Å². The normalized spacial score (nSPS) is 27.8. The van der Waals surface area contributed by atoms with Crippen LogP contribution in [0.5, 0.6) is 0 Å². The van der Waals surface area contributed by atoms with Gasteiger partial charge in [-0.25, -0.2) is 0 Å². The van der Waals surface area contributed by atoms with Gasteiger partial charge >= 0.3 is 0 Å². The fourth-order valence-electron chi connectivity index (χ4n) is 4.78. The van der Waals surface area contributed by atoms with Crippen LogP contribution in [0.15, 0.2) is 24.3 Å². The summed E-state index contributed by atoms with van der Waals surface area (Å²) >= 11 is 0. The van der Waals surface area contributed by atoms with Crippen molar-refractivity contribution in [1.82, 2.24) is 9.80 Å². The molecular formula is C21H30N2O. The third-order valence-corrected chi connectivity index (χ3v) is 6.46. The summed E-state index contributed by atoms with van der Waals surface area (Å²) in [5.74, 6) is 1.85. The Kier molecular flexibility index (Phi) is 4.62. The van der Waals surface area contributed by atoms with Crippen molar-refractivity contribution in [3.8, 4) is 0 Å². The molecule has 0 aromatic heterocycles. The third kappa shape index (κ3) is 3.11. The number of nitrogens with zero attached hydrogens (tertiary/aromatic N) is 2. The minimum atomic E-state index is 0.259. The van der Waals surface area contributed by atoms with Gasteiger partial charge in [-0.1, -0.05) is 31.5 Å². The second-order valence-corrected chi connectivity index (χ2v) is 8.07. The van der Waals surface area contributed by atoms with Crippen LogP contribution in [-0.2, 0) is 6.42 Å². The first-order chi connectivity index (χ1) is 11.7. The van der Waals surface area contributed by atoms with Crippen LogP contribution < -0.4 is 0 Å². The summed E-state index contributed by atoms with van der Waals surface area (Å²) in [6.07, 6.45) is 7.75. The fraction of sp³-hybridized carbons (Fsp3) is 0.667. The zero-order valence-electron chi connectivity index (χ0n) is 14.9. The second kappa shape index (κ2) is 6.87. The number of carbonyl (C=O) groups excluding carboxylic acids is 1. The molecule has 5 rings (SSSR count). The van der Waals surface area contributed by atoms with Crippen molar-refractivity contribution in [3.63, 3.8) is 0 Å². The molecule has 0 unspecified atom stereocenters. The molecule has 1 amide bonds. The number of aryl methyl sites for hydroxylation is 1. The lowest BCUT2D eigenvalue weighted by Crippen LogP contribution is -2.47. The first kappa shape index (κ1) is 16.1. The molecule has 3 saturated heterocycles. The minimum Gasteiger partial charge on any atom is -0.337 e. The number of carbonyl (C=O) groups is 1. The molecule has 2 bridgehead atoms. The van der Waals surface area contributed by atoms with E-state index >= 15 is 0 Å². The van der Waals surface area contributed by atoms with Gasteiger partial charge in [-0.3, -0.25) is 9.69 Å². The number of rotatable bonds is 4. The monoisotopic (exact) mass is 326 g/mol. The van der Waals surface area contributed by atoms with Crippen LogP contribution >= 0.6 is 0 Å². The first-order valence-corrected chi connectivity index (χ1v) is 9.85. The SMILES string of the molecule is CCc1ccccc1C(=O)N1C[C@H]2CC[C@@H](C1)N(CC1CCC1)C2. The highest BCUT2D eigenvalue weighted by Gasteiger charge is 2.38. The van der Waals surface area contributed by atoms with E-state index in [1.807, 2.05) is 18.2 Å². The summed E-state index contributed by atoms with van der Waals surface area (Å²) in [4.78, 5) is 18.0. The van der Waals surface area contributed by atoms with E-state index in [9.17, 15) is 4.79 Å². The van der Waals surface area contributed by atoms with Crippen LogP contribution in [0, 0.1) is 11.8 Å². The van der Waals surface area contributed by atoms with Crippen molar-refractivity contribution in [2.75, 3.05) is 26.2 Å². The van der Waals surface area contributed by atoms with Crippen LogP contribution in [0.4, 0.5) is 0 Å². The van der Waals surface area contributed by atoms with Crippen molar-refractivity contribution in [2.24, 2.45) is 11.8 Å². The van der Waals surface area contributed by atoms with Crippen molar-refractivity contribution in [1.29, 1.82) is 0 Å². The molecule has 4 fully saturated rings. The summed E-state index contributed by atoms with van der Waals surface area (Å²) in [7, 11) is 0. The van der Waals surface area contributed by atoms with Gasteiger partial charge < -0.3 is 4.90 Å². The third-order valence-electron chi connectivity index (χ3n) is 6.46. The van der Waals surface area contributed by atoms with Gasteiger partial charge in [0.2, 0.25) is 0 Å². The van der Waals surface area contributed by atoms with Crippen LogP contribution in [0.2, 0.25) is 0 Å².